The molecular weight excluding hydrogens is 292 g/mol. The number of aromatic nitrogens is 2. The van der Waals surface area contributed by atoms with Gasteiger partial charge in [0, 0.05) is 19.0 Å². The molecule has 2 fully saturated rings. The molecule has 2 N–H and O–H groups in total. The molecule has 21 heavy (non-hydrogen) atoms. The van der Waals surface area contributed by atoms with E-state index in [1.165, 1.54) is 0 Å². The summed E-state index contributed by atoms with van der Waals surface area (Å²) in [5, 5.41) is 3.83. The maximum absolute atomic E-state index is 12.5. The van der Waals surface area contributed by atoms with Crippen molar-refractivity contribution in [3.8, 4) is 0 Å². The predicted octanol–water partition coefficient (Wildman–Crippen LogP) is 1.78. The van der Waals surface area contributed by atoms with Gasteiger partial charge in [0.25, 0.3) is 0 Å². The van der Waals surface area contributed by atoms with Crippen LogP contribution < -0.4 is 5.73 Å². The molecule has 118 valence electrons. The van der Waals surface area contributed by atoms with Crippen LogP contribution in [0.25, 0.3) is 0 Å². The molecule has 1 aliphatic heterocycles. The molecule has 1 saturated carbocycles. The van der Waals surface area contributed by atoms with E-state index in [-0.39, 0.29) is 24.2 Å². The Balaban J connectivity index is 0.00000161. The van der Waals surface area contributed by atoms with Crippen LogP contribution in [0.15, 0.2) is 4.52 Å². The molecule has 3 rings (SSSR count). The minimum Gasteiger partial charge on any atom is -0.341 e. The second-order valence-electron chi connectivity index (χ2n) is 6.11. The Morgan fingerprint density at radius 1 is 1.33 bits per heavy atom. The standard InChI is InChI=1S/C14H22N4O2.ClH/c1-10-16-12(20-17-10)11-4-8-18(9-5-11)13(19)14(15)6-2-3-7-14;/h11H,2-9,15H2,1H3;1H. The van der Waals surface area contributed by atoms with E-state index in [1.54, 1.807) is 0 Å². The highest BCUT2D eigenvalue weighted by molar-refractivity contribution is 5.86. The number of piperidine rings is 1. The van der Waals surface area contributed by atoms with Gasteiger partial charge in [-0.2, -0.15) is 4.98 Å². The number of aryl methyl sites for hydroxylation is 1. The molecule has 1 aliphatic carbocycles. The summed E-state index contributed by atoms with van der Waals surface area (Å²) in [5.74, 6) is 1.79. The monoisotopic (exact) mass is 314 g/mol. The highest BCUT2D eigenvalue weighted by Crippen LogP contribution is 2.32. The molecule has 0 aromatic carbocycles. The molecular formula is C14H23ClN4O2. The number of nitrogens with zero attached hydrogens (tertiary/aromatic N) is 3. The summed E-state index contributed by atoms with van der Waals surface area (Å²) < 4.78 is 5.23. The smallest absolute Gasteiger partial charge is 0.242 e. The predicted molar refractivity (Wildman–Crippen MR) is 80.2 cm³/mol. The first-order chi connectivity index (χ1) is 9.58. The fourth-order valence-corrected chi connectivity index (χ4v) is 3.34. The van der Waals surface area contributed by atoms with Gasteiger partial charge in [0.05, 0.1) is 5.54 Å². The second-order valence-corrected chi connectivity index (χ2v) is 6.11. The Morgan fingerprint density at radius 3 is 2.48 bits per heavy atom. The zero-order valence-electron chi connectivity index (χ0n) is 12.4. The topological polar surface area (TPSA) is 85.2 Å². The van der Waals surface area contributed by atoms with Gasteiger partial charge in [-0.1, -0.05) is 18.0 Å². The normalized spacial score (nSPS) is 22.1. The lowest BCUT2D eigenvalue weighted by Gasteiger charge is -2.35. The van der Waals surface area contributed by atoms with E-state index in [1.807, 2.05) is 11.8 Å². The van der Waals surface area contributed by atoms with Crippen LogP contribution in [0.4, 0.5) is 0 Å². The van der Waals surface area contributed by atoms with E-state index < -0.39 is 5.54 Å². The van der Waals surface area contributed by atoms with Crippen LogP contribution in [0.2, 0.25) is 0 Å². The Kier molecular flexibility index (Phi) is 4.88. The van der Waals surface area contributed by atoms with Gasteiger partial charge in [-0.05, 0) is 32.6 Å². The number of nitrogens with two attached hydrogens (primary N) is 1. The van der Waals surface area contributed by atoms with E-state index in [4.69, 9.17) is 10.3 Å². The van der Waals surface area contributed by atoms with E-state index in [0.717, 1.165) is 51.6 Å². The molecule has 0 spiro atoms. The highest BCUT2D eigenvalue weighted by Gasteiger charge is 2.41. The van der Waals surface area contributed by atoms with Crippen LogP contribution in [0.3, 0.4) is 0 Å². The van der Waals surface area contributed by atoms with Gasteiger partial charge in [0.15, 0.2) is 5.82 Å². The Hall–Kier alpha value is -1.14. The number of likely N-dealkylation sites (tertiary alicyclic amines) is 1. The van der Waals surface area contributed by atoms with Crippen molar-refractivity contribution in [2.45, 2.75) is 56.9 Å². The van der Waals surface area contributed by atoms with Gasteiger partial charge in [0.2, 0.25) is 11.8 Å². The van der Waals surface area contributed by atoms with Gasteiger partial charge in [-0.15, -0.1) is 12.4 Å². The quantitative estimate of drug-likeness (QED) is 0.899. The highest BCUT2D eigenvalue weighted by atomic mass is 35.5. The average molecular weight is 315 g/mol. The minimum atomic E-state index is -0.603. The van der Waals surface area contributed by atoms with Crippen molar-refractivity contribution in [2.75, 3.05) is 13.1 Å². The van der Waals surface area contributed by atoms with Crippen molar-refractivity contribution in [1.82, 2.24) is 15.0 Å². The molecule has 0 atom stereocenters. The van der Waals surface area contributed by atoms with E-state index in [0.29, 0.717) is 11.7 Å². The Bertz CT molecular complexity index is 491. The average Bonchev–Trinajstić information content (AvgIpc) is 3.08. The third-order valence-electron chi connectivity index (χ3n) is 4.60. The summed E-state index contributed by atoms with van der Waals surface area (Å²) in [6.07, 6.45) is 5.55. The van der Waals surface area contributed by atoms with E-state index in [2.05, 4.69) is 10.1 Å². The van der Waals surface area contributed by atoms with Gasteiger partial charge in [-0.3, -0.25) is 4.79 Å². The molecule has 6 nitrogen and oxygen atoms in total. The lowest BCUT2D eigenvalue weighted by molar-refractivity contribution is -0.138. The van der Waals surface area contributed by atoms with Crippen molar-refractivity contribution in [3.05, 3.63) is 11.7 Å². The lowest BCUT2D eigenvalue weighted by Crippen LogP contribution is -2.55. The maximum atomic E-state index is 12.5. The minimum absolute atomic E-state index is 0. The molecule has 0 radical (unpaired) electrons. The summed E-state index contributed by atoms with van der Waals surface area (Å²) in [6, 6.07) is 0. The fourth-order valence-electron chi connectivity index (χ4n) is 3.34. The summed E-state index contributed by atoms with van der Waals surface area (Å²) in [6.45, 7) is 3.30. The molecule has 1 aromatic rings. The maximum Gasteiger partial charge on any atom is 0.242 e. The Labute approximate surface area is 130 Å². The SMILES string of the molecule is Cc1noc(C2CCN(C(=O)C3(N)CCCC3)CC2)n1.Cl. The first-order valence-electron chi connectivity index (χ1n) is 7.47. The molecule has 2 heterocycles. The summed E-state index contributed by atoms with van der Waals surface area (Å²) in [7, 11) is 0. The van der Waals surface area contributed by atoms with Gasteiger partial charge in [-0.25, -0.2) is 0 Å². The number of carbonyl (C=O) groups is 1. The van der Waals surface area contributed by atoms with Crippen molar-refractivity contribution in [3.63, 3.8) is 0 Å². The number of halogens is 1. The molecule has 1 saturated heterocycles. The first-order valence-corrected chi connectivity index (χ1v) is 7.47. The van der Waals surface area contributed by atoms with Gasteiger partial charge >= 0.3 is 0 Å². The van der Waals surface area contributed by atoms with E-state index in [9.17, 15) is 4.79 Å². The van der Waals surface area contributed by atoms with Crippen LogP contribution in [-0.2, 0) is 4.79 Å². The molecule has 7 heteroatoms. The van der Waals surface area contributed by atoms with Crippen LogP contribution >= 0.6 is 12.4 Å². The van der Waals surface area contributed by atoms with Gasteiger partial charge in [0.1, 0.15) is 0 Å². The number of hydrogen-bond acceptors (Lipinski definition) is 5. The lowest BCUT2D eigenvalue weighted by atomic mass is 9.92. The summed E-state index contributed by atoms with van der Waals surface area (Å²) >= 11 is 0. The fraction of sp³-hybridized carbons (Fsp3) is 0.786. The van der Waals surface area contributed by atoms with Crippen molar-refractivity contribution in [1.29, 1.82) is 0 Å². The van der Waals surface area contributed by atoms with Crippen molar-refractivity contribution < 1.29 is 9.32 Å². The number of hydrogen-bond donors (Lipinski definition) is 1. The third-order valence-corrected chi connectivity index (χ3v) is 4.60. The summed E-state index contributed by atoms with van der Waals surface area (Å²) in [5.41, 5.74) is 5.65. The molecule has 1 amide bonds. The first kappa shape index (κ1) is 16.2. The molecule has 0 bridgehead atoms. The van der Waals surface area contributed by atoms with Crippen LogP contribution in [0.5, 0.6) is 0 Å². The van der Waals surface area contributed by atoms with Gasteiger partial charge < -0.3 is 15.2 Å². The number of rotatable bonds is 2. The number of carbonyl (C=O) groups excluding carboxylic acids is 1. The zero-order chi connectivity index (χ0) is 14.2. The van der Waals surface area contributed by atoms with E-state index >= 15 is 0 Å². The Morgan fingerprint density at radius 2 is 1.95 bits per heavy atom. The van der Waals surface area contributed by atoms with Crippen molar-refractivity contribution >= 4 is 18.3 Å². The van der Waals surface area contributed by atoms with Crippen LogP contribution in [-0.4, -0.2) is 39.6 Å². The zero-order valence-corrected chi connectivity index (χ0v) is 13.2. The number of amides is 1. The molecule has 0 unspecified atom stereocenters. The molecule has 2 aliphatic rings. The largest absolute Gasteiger partial charge is 0.341 e. The van der Waals surface area contributed by atoms with Crippen LogP contribution in [0.1, 0.15) is 56.2 Å². The third kappa shape index (κ3) is 3.21. The molecule has 1 aromatic heterocycles. The second kappa shape index (κ2) is 6.32. The summed E-state index contributed by atoms with van der Waals surface area (Å²) in [4.78, 5) is 18.7. The van der Waals surface area contributed by atoms with Crippen LogP contribution in [0, 0.1) is 6.92 Å². The van der Waals surface area contributed by atoms with Crippen molar-refractivity contribution in [2.24, 2.45) is 5.73 Å².